The van der Waals surface area contributed by atoms with Gasteiger partial charge in [-0.15, -0.1) is 0 Å². The Morgan fingerprint density at radius 2 is 1.42 bits per heavy atom. The van der Waals surface area contributed by atoms with E-state index in [1.807, 2.05) is 0 Å². The van der Waals surface area contributed by atoms with Crippen molar-refractivity contribution >= 4 is 49.6 Å². The predicted octanol–water partition coefficient (Wildman–Crippen LogP) is 8.81. The van der Waals surface area contributed by atoms with Gasteiger partial charge in [0.25, 0.3) is 0 Å². The van der Waals surface area contributed by atoms with Crippen molar-refractivity contribution in [2.45, 2.75) is 83.4 Å². The average Bonchev–Trinajstić information content (AvgIpc) is 3.06. The van der Waals surface area contributed by atoms with E-state index < -0.39 is 35.5 Å². The first-order chi connectivity index (χ1) is 15.1. The van der Waals surface area contributed by atoms with Crippen molar-refractivity contribution in [2.24, 2.45) is 5.41 Å². The second-order valence-corrected chi connectivity index (χ2v) is 31.7. The first-order valence-corrected chi connectivity index (χ1v) is 27.0. The molecule has 0 aromatic heterocycles. The summed E-state index contributed by atoms with van der Waals surface area (Å²) in [5.74, 6) is 0. The fraction of sp³-hybridized carbons (Fsp3) is 0.500. The Labute approximate surface area is 220 Å². The number of hydrogen-bond acceptors (Lipinski definition) is 0. The molecule has 33 heavy (non-hydrogen) atoms. The molecule has 0 saturated heterocycles. The van der Waals surface area contributed by atoms with Crippen LogP contribution in [0.4, 0.5) is 0 Å². The average molecular weight is 596 g/mol. The zero-order valence-electron chi connectivity index (χ0n) is 22.2. The molecule has 2 aromatic rings. The maximum absolute atomic E-state index is 6.81. The van der Waals surface area contributed by atoms with Crippen LogP contribution >= 0.6 is 17.0 Å². The summed E-state index contributed by atoms with van der Waals surface area (Å²) in [6.45, 7) is 24.0. The fourth-order valence-corrected chi connectivity index (χ4v) is 13.2. The van der Waals surface area contributed by atoms with Crippen LogP contribution in [0.15, 0.2) is 35.9 Å². The monoisotopic (exact) mass is 593 g/mol. The Morgan fingerprint density at radius 3 is 1.85 bits per heavy atom. The second-order valence-electron chi connectivity index (χ2n) is 12.7. The van der Waals surface area contributed by atoms with E-state index in [1.54, 1.807) is 10.4 Å². The Hall–Kier alpha value is 0.0769. The van der Waals surface area contributed by atoms with Crippen molar-refractivity contribution in [1.82, 2.24) is 0 Å². The van der Waals surface area contributed by atoms with E-state index in [4.69, 9.17) is 17.0 Å². The summed E-state index contributed by atoms with van der Waals surface area (Å²) in [5.41, 5.74) is 8.57. The molecule has 1 atom stereocenters. The quantitative estimate of drug-likeness (QED) is 0.293. The third-order valence-electron chi connectivity index (χ3n) is 6.84. The van der Waals surface area contributed by atoms with Crippen LogP contribution in [0.5, 0.6) is 0 Å². The van der Waals surface area contributed by atoms with E-state index in [0.29, 0.717) is 0 Å². The molecule has 1 unspecified atom stereocenters. The van der Waals surface area contributed by atoms with Crippen molar-refractivity contribution in [3.05, 3.63) is 52.6 Å². The normalized spacial score (nSPS) is 16.6. The standard InChI is InChI=1S/C28H41Si2.2ClH.Zr/c1-11-12-20-13-14-21-15-23(28(2,3)4)18-26(21)27(20)22-16-24(29(5,6)7)19-25(17-22)30(8,9)10;;;/h13-19H,11-12H2,1-10H3;2*1H;/q;;;+2/p-2. The number of rotatable bonds is 6. The van der Waals surface area contributed by atoms with E-state index in [2.05, 4.69) is 103 Å². The van der Waals surface area contributed by atoms with Gasteiger partial charge in [-0.2, -0.15) is 0 Å². The molecular formula is C28H41Cl2Si2Zr. The summed E-state index contributed by atoms with van der Waals surface area (Å²) in [6, 6.07) is 12.3. The van der Waals surface area contributed by atoms with Gasteiger partial charge in [-0.3, -0.25) is 0 Å². The molecule has 0 nitrogen and oxygen atoms in total. The topological polar surface area (TPSA) is 0 Å². The zero-order chi connectivity index (χ0) is 24.9. The third kappa shape index (κ3) is 5.91. The van der Waals surface area contributed by atoms with Crippen molar-refractivity contribution < 1.29 is 19.4 Å². The Kier molecular flexibility index (Phi) is 8.26. The van der Waals surface area contributed by atoms with Gasteiger partial charge in [-0.1, -0.05) is 0 Å². The van der Waals surface area contributed by atoms with Crippen LogP contribution in [0.2, 0.25) is 39.3 Å². The third-order valence-corrected chi connectivity index (χ3v) is 16.1. The summed E-state index contributed by atoms with van der Waals surface area (Å²) < 4.78 is 0.247. The summed E-state index contributed by atoms with van der Waals surface area (Å²) >= 11 is -2.57. The van der Waals surface area contributed by atoms with Gasteiger partial charge in [0.05, 0.1) is 0 Å². The van der Waals surface area contributed by atoms with Gasteiger partial charge < -0.3 is 0 Å². The van der Waals surface area contributed by atoms with Gasteiger partial charge in [-0.25, -0.2) is 0 Å². The summed E-state index contributed by atoms with van der Waals surface area (Å²) in [7, 11) is 10.7. The molecule has 0 heterocycles. The van der Waals surface area contributed by atoms with Crippen LogP contribution in [0.1, 0.15) is 54.4 Å². The molecule has 179 valence electrons. The summed E-state index contributed by atoms with van der Waals surface area (Å²) in [4.78, 5) is 0. The SMILES string of the molecule is CCCc1ccc2c(c1-c1cc([Si](C)(C)C)cc([Si](C)(C)C)c1)C=C(C(C)(C)C)[CH]2[Zr]([Cl])[Cl]. The van der Waals surface area contributed by atoms with Crippen molar-refractivity contribution in [2.75, 3.05) is 0 Å². The maximum atomic E-state index is 6.81. The number of benzene rings is 2. The summed E-state index contributed by atoms with van der Waals surface area (Å²) in [5, 5.41) is 3.13. The van der Waals surface area contributed by atoms with Crippen LogP contribution in [0, 0.1) is 5.41 Å². The van der Waals surface area contributed by atoms with Crippen molar-refractivity contribution in [1.29, 1.82) is 0 Å². The molecular weight excluding hydrogens is 555 g/mol. The van der Waals surface area contributed by atoms with E-state index in [9.17, 15) is 0 Å². The molecule has 0 saturated carbocycles. The van der Waals surface area contributed by atoms with E-state index in [-0.39, 0.29) is 9.04 Å². The number of halogens is 2. The Morgan fingerprint density at radius 1 is 0.879 bits per heavy atom. The van der Waals surface area contributed by atoms with Crippen LogP contribution in [0.3, 0.4) is 0 Å². The number of fused-ring (bicyclic) bond motifs is 1. The molecule has 0 spiro atoms. The molecule has 1 aliphatic carbocycles. The van der Waals surface area contributed by atoms with Gasteiger partial charge in [0.1, 0.15) is 0 Å². The van der Waals surface area contributed by atoms with Crippen LogP contribution in [0.25, 0.3) is 17.2 Å². The van der Waals surface area contributed by atoms with E-state index in [0.717, 1.165) is 12.8 Å². The zero-order valence-corrected chi connectivity index (χ0v) is 28.2. The first-order valence-electron chi connectivity index (χ1n) is 12.3. The van der Waals surface area contributed by atoms with Gasteiger partial charge in [0.2, 0.25) is 0 Å². The van der Waals surface area contributed by atoms with Gasteiger partial charge in [-0.05, 0) is 0 Å². The summed E-state index contributed by atoms with van der Waals surface area (Å²) in [6.07, 6.45) is 4.71. The number of aryl methyl sites for hydroxylation is 1. The molecule has 1 aliphatic rings. The van der Waals surface area contributed by atoms with Crippen molar-refractivity contribution in [3.8, 4) is 11.1 Å². The van der Waals surface area contributed by atoms with Crippen LogP contribution < -0.4 is 10.4 Å². The Bertz CT molecular complexity index is 1030. The van der Waals surface area contributed by atoms with E-state index in [1.165, 1.54) is 33.4 Å². The van der Waals surface area contributed by atoms with Gasteiger partial charge >= 0.3 is 222 Å². The minimum absolute atomic E-state index is 0.0606. The van der Waals surface area contributed by atoms with Gasteiger partial charge in [0.15, 0.2) is 0 Å². The molecule has 0 fully saturated rings. The predicted molar refractivity (Wildman–Crippen MR) is 154 cm³/mol. The second kappa shape index (κ2) is 9.85. The van der Waals surface area contributed by atoms with E-state index >= 15 is 0 Å². The molecule has 0 radical (unpaired) electrons. The number of hydrogen-bond donors (Lipinski definition) is 0. The molecule has 5 heteroatoms. The Balaban J connectivity index is 2.41. The first kappa shape index (κ1) is 27.7. The minimum atomic E-state index is -2.57. The molecule has 0 aliphatic heterocycles. The molecule has 0 N–H and O–H groups in total. The van der Waals surface area contributed by atoms with Crippen LogP contribution in [-0.2, 0) is 25.8 Å². The molecule has 0 amide bonds. The molecule has 0 bridgehead atoms. The molecule has 3 rings (SSSR count). The van der Waals surface area contributed by atoms with Crippen molar-refractivity contribution in [3.63, 3.8) is 0 Å². The molecule has 2 aromatic carbocycles. The number of allylic oxidation sites excluding steroid dienone is 1. The van der Waals surface area contributed by atoms with Crippen LogP contribution in [-0.4, -0.2) is 16.1 Å². The fourth-order valence-electron chi connectivity index (χ4n) is 4.84. The van der Waals surface area contributed by atoms with Gasteiger partial charge in [0, 0.05) is 0 Å².